The predicted molar refractivity (Wildman–Crippen MR) is 62.2 cm³/mol. The van der Waals surface area contributed by atoms with Crippen LogP contribution in [0.3, 0.4) is 0 Å². The van der Waals surface area contributed by atoms with Crippen LogP contribution >= 0.6 is 0 Å². The van der Waals surface area contributed by atoms with E-state index in [0.717, 1.165) is 25.6 Å². The molecule has 4 nitrogen and oxygen atoms in total. The maximum Gasteiger partial charge on any atom is 0.254 e. The Hall–Kier alpha value is -1.49. The van der Waals surface area contributed by atoms with E-state index >= 15 is 0 Å². The summed E-state index contributed by atoms with van der Waals surface area (Å²) in [6.07, 6.45) is 5.69. The lowest BCUT2D eigenvalue weighted by Crippen LogP contribution is -2.31. The average molecular weight is 237 g/mol. The van der Waals surface area contributed by atoms with Gasteiger partial charge in [-0.15, -0.1) is 0 Å². The first kappa shape index (κ1) is 12.0. The van der Waals surface area contributed by atoms with E-state index in [9.17, 15) is 9.18 Å². The summed E-state index contributed by atoms with van der Waals surface area (Å²) in [4.78, 5) is 15.2. The zero-order valence-electron chi connectivity index (χ0n) is 9.58. The predicted octanol–water partition coefficient (Wildman–Crippen LogP) is 1.09. The number of carbonyl (C=O) groups excluding carboxylic acids is 1. The molecule has 1 aromatic rings. The van der Waals surface area contributed by atoms with Gasteiger partial charge in [0.05, 0.1) is 11.8 Å². The quantitative estimate of drug-likeness (QED) is 0.824. The lowest BCUT2D eigenvalue weighted by Gasteiger charge is -2.10. The first-order valence-electron chi connectivity index (χ1n) is 5.88. The summed E-state index contributed by atoms with van der Waals surface area (Å²) in [6.45, 7) is 1.62. The van der Waals surface area contributed by atoms with E-state index in [0.29, 0.717) is 12.6 Å². The maximum absolute atomic E-state index is 13.2. The van der Waals surface area contributed by atoms with Gasteiger partial charge in [-0.1, -0.05) is 0 Å². The van der Waals surface area contributed by atoms with Gasteiger partial charge in [0, 0.05) is 18.8 Å². The van der Waals surface area contributed by atoms with E-state index in [2.05, 4.69) is 15.6 Å². The van der Waals surface area contributed by atoms with E-state index in [4.69, 9.17) is 0 Å². The molecule has 2 rings (SSSR count). The first-order valence-corrected chi connectivity index (χ1v) is 5.88. The molecule has 1 fully saturated rings. The van der Waals surface area contributed by atoms with Crippen LogP contribution in [-0.2, 0) is 0 Å². The van der Waals surface area contributed by atoms with Crippen LogP contribution in [0.5, 0.6) is 0 Å². The Labute approximate surface area is 99.6 Å². The molecule has 1 saturated heterocycles. The van der Waals surface area contributed by atoms with Crippen LogP contribution in [0.4, 0.5) is 4.39 Å². The highest BCUT2D eigenvalue weighted by atomic mass is 19.1. The van der Waals surface area contributed by atoms with Crippen molar-refractivity contribution >= 4 is 5.91 Å². The SMILES string of the molecule is O=C(NCC[C@H]1CCCN1)c1ccncc1F. The molecule has 0 radical (unpaired) electrons. The van der Waals surface area contributed by atoms with E-state index in [1.807, 2.05) is 0 Å². The van der Waals surface area contributed by atoms with Gasteiger partial charge in [-0.25, -0.2) is 4.39 Å². The van der Waals surface area contributed by atoms with E-state index in [1.165, 1.54) is 18.7 Å². The summed E-state index contributed by atoms with van der Waals surface area (Å²) in [5.41, 5.74) is 0.0550. The van der Waals surface area contributed by atoms with Crippen molar-refractivity contribution in [1.82, 2.24) is 15.6 Å². The van der Waals surface area contributed by atoms with Crippen molar-refractivity contribution in [2.24, 2.45) is 0 Å². The second-order valence-corrected chi connectivity index (χ2v) is 4.19. The molecule has 92 valence electrons. The summed E-state index contributed by atoms with van der Waals surface area (Å²) < 4.78 is 13.2. The van der Waals surface area contributed by atoms with Gasteiger partial charge in [-0.3, -0.25) is 9.78 Å². The number of nitrogens with zero attached hydrogens (tertiary/aromatic N) is 1. The highest BCUT2D eigenvalue weighted by molar-refractivity contribution is 5.94. The van der Waals surface area contributed by atoms with Crippen molar-refractivity contribution in [1.29, 1.82) is 0 Å². The van der Waals surface area contributed by atoms with Crippen LogP contribution in [0, 0.1) is 5.82 Å². The Morgan fingerprint density at radius 1 is 1.65 bits per heavy atom. The largest absolute Gasteiger partial charge is 0.352 e. The maximum atomic E-state index is 13.2. The molecule has 1 atom stereocenters. The van der Waals surface area contributed by atoms with E-state index in [1.54, 1.807) is 0 Å². The van der Waals surface area contributed by atoms with Crippen molar-refractivity contribution in [3.05, 3.63) is 29.8 Å². The Kier molecular flexibility index (Phi) is 4.03. The molecule has 0 aromatic carbocycles. The third-order valence-corrected chi connectivity index (χ3v) is 2.96. The Morgan fingerprint density at radius 3 is 3.24 bits per heavy atom. The molecule has 5 heteroatoms. The lowest BCUT2D eigenvalue weighted by atomic mass is 10.1. The number of aromatic nitrogens is 1. The van der Waals surface area contributed by atoms with Gasteiger partial charge in [0.25, 0.3) is 5.91 Å². The highest BCUT2D eigenvalue weighted by Crippen LogP contribution is 2.08. The minimum Gasteiger partial charge on any atom is -0.352 e. The molecule has 0 spiro atoms. The number of rotatable bonds is 4. The second-order valence-electron chi connectivity index (χ2n) is 4.19. The average Bonchev–Trinajstić information content (AvgIpc) is 2.82. The molecular formula is C12H16FN3O. The molecule has 0 aliphatic carbocycles. The molecule has 0 saturated carbocycles. The van der Waals surface area contributed by atoms with Crippen molar-refractivity contribution < 1.29 is 9.18 Å². The normalized spacial score (nSPS) is 19.2. The number of carbonyl (C=O) groups is 1. The minimum atomic E-state index is -0.580. The summed E-state index contributed by atoms with van der Waals surface area (Å²) in [6, 6.07) is 1.87. The molecule has 1 aliphatic heterocycles. The number of nitrogens with one attached hydrogen (secondary N) is 2. The van der Waals surface area contributed by atoms with Crippen LogP contribution in [0.25, 0.3) is 0 Å². The van der Waals surface area contributed by atoms with Crippen molar-refractivity contribution in [2.75, 3.05) is 13.1 Å². The van der Waals surface area contributed by atoms with Crippen LogP contribution in [-0.4, -0.2) is 30.0 Å². The third-order valence-electron chi connectivity index (χ3n) is 2.96. The number of hydrogen-bond acceptors (Lipinski definition) is 3. The summed E-state index contributed by atoms with van der Waals surface area (Å²) in [5.74, 6) is -0.952. The van der Waals surface area contributed by atoms with Crippen LogP contribution in [0.1, 0.15) is 29.6 Å². The monoisotopic (exact) mass is 237 g/mol. The van der Waals surface area contributed by atoms with Gasteiger partial charge in [0.2, 0.25) is 0 Å². The fraction of sp³-hybridized carbons (Fsp3) is 0.500. The Balaban J connectivity index is 1.79. The molecule has 0 unspecified atom stereocenters. The molecule has 17 heavy (non-hydrogen) atoms. The molecule has 2 N–H and O–H groups in total. The van der Waals surface area contributed by atoms with Gasteiger partial charge in [0.15, 0.2) is 5.82 Å². The Bertz CT molecular complexity index is 391. The smallest absolute Gasteiger partial charge is 0.254 e. The molecule has 1 aliphatic rings. The van der Waals surface area contributed by atoms with Crippen LogP contribution in [0.2, 0.25) is 0 Å². The molecule has 1 amide bonds. The highest BCUT2D eigenvalue weighted by Gasteiger charge is 2.15. The van der Waals surface area contributed by atoms with Gasteiger partial charge in [-0.2, -0.15) is 0 Å². The van der Waals surface area contributed by atoms with Crippen molar-refractivity contribution in [3.63, 3.8) is 0 Å². The van der Waals surface area contributed by atoms with E-state index in [-0.39, 0.29) is 11.5 Å². The van der Waals surface area contributed by atoms with Gasteiger partial charge in [0.1, 0.15) is 0 Å². The fourth-order valence-corrected chi connectivity index (χ4v) is 2.02. The third kappa shape index (κ3) is 3.23. The number of halogens is 1. The second kappa shape index (κ2) is 5.72. The van der Waals surface area contributed by atoms with Crippen molar-refractivity contribution in [3.8, 4) is 0 Å². The van der Waals surface area contributed by atoms with Gasteiger partial charge < -0.3 is 10.6 Å². The number of hydrogen-bond donors (Lipinski definition) is 2. The molecule has 0 bridgehead atoms. The topological polar surface area (TPSA) is 54.0 Å². The van der Waals surface area contributed by atoms with Crippen molar-refractivity contribution in [2.45, 2.75) is 25.3 Å². The van der Waals surface area contributed by atoms with E-state index < -0.39 is 5.82 Å². The zero-order chi connectivity index (χ0) is 12.1. The summed E-state index contributed by atoms with van der Waals surface area (Å²) in [7, 11) is 0. The number of amides is 1. The molecular weight excluding hydrogens is 221 g/mol. The first-order chi connectivity index (χ1) is 8.27. The molecule has 1 aromatic heterocycles. The van der Waals surface area contributed by atoms with Gasteiger partial charge in [-0.05, 0) is 31.9 Å². The minimum absolute atomic E-state index is 0.0550. The van der Waals surface area contributed by atoms with Gasteiger partial charge >= 0.3 is 0 Å². The summed E-state index contributed by atoms with van der Waals surface area (Å²) >= 11 is 0. The standard InChI is InChI=1S/C12H16FN3O/c13-11-8-14-6-4-10(11)12(17)16-7-3-9-2-1-5-15-9/h4,6,8-9,15H,1-3,5,7H2,(H,16,17)/t9-/m1/s1. The van der Waals surface area contributed by atoms with Crippen LogP contribution in [0.15, 0.2) is 18.5 Å². The number of pyridine rings is 1. The lowest BCUT2D eigenvalue weighted by molar-refractivity contribution is 0.0948. The fourth-order valence-electron chi connectivity index (χ4n) is 2.02. The Morgan fingerprint density at radius 2 is 2.53 bits per heavy atom. The zero-order valence-corrected chi connectivity index (χ0v) is 9.58. The summed E-state index contributed by atoms with van der Waals surface area (Å²) in [5, 5.41) is 6.07. The van der Waals surface area contributed by atoms with Crippen LogP contribution < -0.4 is 10.6 Å². The molecule has 2 heterocycles.